The van der Waals surface area contributed by atoms with E-state index in [1.165, 1.54) is 11.3 Å². The highest BCUT2D eigenvalue weighted by atomic mass is 32.1. The third kappa shape index (κ3) is 8.42. The average Bonchev–Trinajstić information content (AvgIpc) is 3.52. The number of carbonyl (C=O) groups excluding carboxylic acids is 1. The number of aromatic amines is 1. The summed E-state index contributed by atoms with van der Waals surface area (Å²) in [6.07, 6.45) is -7.67. The third-order valence-electron chi connectivity index (χ3n) is 5.49. The Kier molecular flexibility index (Phi) is 9.77. The van der Waals surface area contributed by atoms with E-state index in [1.54, 1.807) is 0 Å². The third-order valence-corrected chi connectivity index (χ3v) is 6.43. The fraction of sp³-hybridized carbons (Fsp3) is 0.240. The Labute approximate surface area is 236 Å². The first kappa shape index (κ1) is 31.9. The molecule has 17 heteroatoms. The fourth-order valence-corrected chi connectivity index (χ4v) is 4.40. The summed E-state index contributed by atoms with van der Waals surface area (Å²) in [5.74, 6) is -4.92. The molecule has 0 radical (unpaired) electrons. The minimum absolute atomic E-state index is 0.0561. The maximum Gasteiger partial charge on any atom is 0.490 e. The van der Waals surface area contributed by atoms with Gasteiger partial charge in [-0.1, -0.05) is 35.6 Å². The molecule has 42 heavy (non-hydrogen) atoms. The maximum absolute atomic E-state index is 12.7. The number of para-hydroxylation sites is 1. The summed E-state index contributed by atoms with van der Waals surface area (Å²) < 4.78 is 70.2. The Morgan fingerprint density at radius 2 is 1.64 bits per heavy atom. The molecule has 0 bridgehead atoms. The molecule has 1 aliphatic rings. The molecular weight excluding hydrogens is 598 g/mol. The molecular formula is C25H20F6N4O6S. The second-order valence-electron chi connectivity index (χ2n) is 8.53. The summed E-state index contributed by atoms with van der Waals surface area (Å²) >= 11 is 1.48. The summed E-state index contributed by atoms with van der Waals surface area (Å²) in [4.78, 5) is 35.1. The number of thiazole rings is 1. The summed E-state index contributed by atoms with van der Waals surface area (Å²) in [7, 11) is 0. The fourth-order valence-electron chi connectivity index (χ4n) is 3.49. The molecule has 4 N–H and O–H groups in total. The Morgan fingerprint density at radius 3 is 2.21 bits per heavy atom. The summed E-state index contributed by atoms with van der Waals surface area (Å²) in [6, 6.07) is 13.9. The Morgan fingerprint density at radius 1 is 1.02 bits per heavy atom. The number of rotatable bonds is 3. The van der Waals surface area contributed by atoms with E-state index < -0.39 is 24.3 Å². The van der Waals surface area contributed by atoms with Gasteiger partial charge in [0, 0.05) is 11.3 Å². The molecule has 0 aliphatic carbocycles. The smallest absolute Gasteiger partial charge is 0.490 e. The standard InChI is InChI=1S/C21H18N4O2S.2C2HF3O2/c1-12-16(10-22-25-12)13-6-7-17-19(9-13)28-21(23-17)24-20(26)15-8-14-4-2-3-5-18(14)27-11-15;2*3-2(4,5)1(6)7/h2-7,9-10,15H,8,11H2,1H3,(H,22,25)(H,23,24,26);2*(H,6,7). The van der Waals surface area contributed by atoms with Gasteiger partial charge in [0.2, 0.25) is 5.91 Å². The Hall–Kier alpha value is -4.67. The van der Waals surface area contributed by atoms with Crippen LogP contribution in [0.15, 0.2) is 48.7 Å². The van der Waals surface area contributed by atoms with Crippen LogP contribution in [-0.2, 0) is 20.8 Å². The van der Waals surface area contributed by atoms with Crippen LogP contribution in [0.2, 0.25) is 0 Å². The van der Waals surface area contributed by atoms with E-state index in [4.69, 9.17) is 24.5 Å². The molecule has 0 saturated heterocycles. The monoisotopic (exact) mass is 618 g/mol. The topological polar surface area (TPSA) is 154 Å². The number of carboxylic acid groups (broad SMARTS) is 2. The highest BCUT2D eigenvalue weighted by molar-refractivity contribution is 7.22. The molecule has 0 fully saturated rings. The largest absolute Gasteiger partial charge is 0.492 e. The van der Waals surface area contributed by atoms with Crippen LogP contribution < -0.4 is 10.1 Å². The number of aliphatic carboxylic acids is 2. The minimum Gasteiger partial charge on any atom is -0.492 e. The zero-order valence-corrected chi connectivity index (χ0v) is 22.0. The van der Waals surface area contributed by atoms with Gasteiger partial charge in [-0.25, -0.2) is 14.6 Å². The van der Waals surface area contributed by atoms with E-state index in [2.05, 4.69) is 26.6 Å². The predicted molar refractivity (Wildman–Crippen MR) is 137 cm³/mol. The first-order valence-corrected chi connectivity index (χ1v) is 12.4. The number of nitrogens with one attached hydrogen (secondary N) is 2. The van der Waals surface area contributed by atoms with Gasteiger partial charge in [0.1, 0.15) is 12.4 Å². The number of halogens is 6. The van der Waals surface area contributed by atoms with Crippen molar-refractivity contribution < 1.29 is 55.7 Å². The number of carboxylic acids is 2. The number of benzene rings is 2. The number of nitrogens with zero attached hydrogens (tertiary/aromatic N) is 2. The van der Waals surface area contributed by atoms with Crippen molar-refractivity contribution in [2.75, 3.05) is 11.9 Å². The predicted octanol–water partition coefficient (Wildman–Crippen LogP) is 5.45. The second-order valence-corrected chi connectivity index (χ2v) is 9.56. The molecule has 1 aliphatic heterocycles. The lowest BCUT2D eigenvalue weighted by atomic mass is 9.96. The molecule has 1 unspecified atom stereocenters. The molecule has 0 saturated carbocycles. The summed E-state index contributed by atoms with van der Waals surface area (Å²) in [6.45, 7) is 2.38. The van der Waals surface area contributed by atoms with Crippen LogP contribution in [0.1, 0.15) is 11.3 Å². The van der Waals surface area contributed by atoms with Crippen LogP contribution in [0.5, 0.6) is 5.75 Å². The van der Waals surface area contributed by atoms with Crippen molar-refractivity contribution in [3.8, 4) is 16.9 Å². The van der Waals surface area contributed by atoms with Gasteiger partial charge in [-0.15, -0.1) is 0 Å². The molecule has 10 nitrogen and oxygen atoms in total. The Balaban J connectivity index is 0.000000289. The highest BCUT2D eigenvalue weighted by Gasteiger charge is 2.38. The normalized spacial score (nSPS) is 14.3. The van der Waals surface area contributed by atoms with Crippen LogP contribution in [0, 0.1) is 12.8 Å². The molecule has 2 aromatic heterocycles. The van der Waals surface area contributed by atoms with E-state index in [0.29, 0.717) is 18.2 Å². The highest BCUT2D eigenvalue weighted by Crippen LogP contribution is 2.32. The average molecular weight is 619 g/mol. The van der Waals surface area contributed by atoms with Crippen molar-refractivity contribution in [2.24, 2.45) is 5.92 Å². The van der Waals surface area contributed by atoms with E-state index in [1.807, 2.05) is 49.5 Å². The molecule has 224 valence electrons. The Bertz CT molecular complexity index is 1560. The van der Waals surface area contributed by atoms with Crippen LogP contribution in [-0.4, -0.2) is 62.2 Å². The minimum atomic E-state index is -5.08. The molecule has 5 rings (SSSR count). The summed E-state index contributed by atoms with van der Waals surface area (Å²) in [5.41, 5.74) is 5.11. The van der Waals surface area contributed by atoms with Crippen LogP contribution in [0.4, 0.5) is 31.5 Å². The number of hydrogen-bond donors (Lipinski definition) is 4. The van der Waals surface area contributed by atoms with Gasteiger partial charge in [0.25, 0.3) is 0 Å². The number of aryl methyl sites for hydroxylation is 1. The van der Waals surface area contributed by atoms with Crippen molar-refractivity contribution in [1.82, 2.24) is 15.2 Å². The van der Waals surface area contributed by atoms with Crippen LogP contribution >= 0.6 is 11.3 Å². The number of fused-ring (bicyclic) bond motifs is 2. The maximum atomic E-state index is 12.7. The quantitative estimate of drug-likeness (QED) is 0.221. The molecule has 3 heterocycles. The first-order chi connectivity index (χ1) is 19.6. The molecule has 4 aromatic rings. The zero-order chi connectivity index (χ0) is 31.2. The van der Waals surface area contributed by atoms with Crippen molar-refractivity contribution in [2.45, 2.75) is 25.7 Å². The van der Waals surface area contributed by atoms with Gasteiger partial charge in [-0.2, -0.15) is 31.4 Å². The molecule has 1 amide bonds. The number of H-pyrrole nitrogens is 1. The lowest BCUT2D eigenvalue weighted by molar-refractivity contribution is -0.193. The van der Waals surface area contributed by atoms with Crippen molar-refractivity contribution in [1.29, 1.82) is 0 Å². The number of alkyl halides is 6. The van der Waals surface area contributed by atoms with Crippen molar-refractivity contribution in [3.63, 3.8) is 0 Å². The van der Waals surface area contributed by atoms with Crippen LogP contribution in [0.3, 0.4) is 0 Å². The SMILES string of the molecule is Cc1[nH]ncc1-c1ccc2nc(NC(=O)C3COc4ccccc4C3)sc2c1.O=C(O)C(F)(F)F.O=C(O)C(F)(F)F. The zero-order valence-electron chi connectivity index (χ0n) is 21.2. The number of anilines is 1. The van der Waals surface area contributed by atoms with Gasteiger partial charge < -0.3 is 20.3 Å². The summed E-state index contributed by atoms with van der Waals surface area (Å²) in [5, 5.41) is 24.9. The molecule has 0 spiro atoms. The number of ether oxygens (including phenoxy) is 1. The van der Waals surface area contributed by atoms with Crippen molar-refractivity contribution >= 4 is 44.5 Å². The second kappa shape index (κ2) is 12.9. The van der Waals surface area contributed by atoms with E-state index in [0.717, 1.165) is 38.4 Å². The van der Waals surface area contributed by atoms with Gasteiger partial charge in [-0.3, -0.25) is 9.89 Å². The molecule has 2 aromatic carbocycles. The van der Waals surface area contributed by atoms with Crippen molar-refractivity contribution in [3.05, 3.63) is 59.9 Å². The van der Waals surface area contributed by atoms with E-state index in [-0.39, 0.29) is 11.8 Å². The van der Waals surface area contributed by atoms with Gasteiger partial charge in [0.15, 0.2) is 5.13 Å². The number of amides is 1. The van der Waals surface area contributed by atoms with Gasteiger partial charge >= 0.3 is 24.3 Å². The van der Waals surface area contributed by atoms with Gasteiger partial charge in [0.05, 0.1) is 22.3 Å². The molecule has 1 atom stereocenters. The van der Waals surface area contributed by atoms with E-state index >= 15 is 0 Å². The lowest BCUT2D eigenvalue weighted by Crippen LogP contribution is -2.32. The van der Waals surface area contributed by atoms with Gasteiger partial charge in [-0.05, 0) is 42.7 Å². The first-order valence-electron chi connectivity index (χ1n) is 11.6. The van der Waals surface area contributed by atoms with Crippen LogP contribution in [0.25, 0.3) is 21.3 Å². The van der Waals surface area contributed by atoms with E-state index in [9.17, 15) is 31.1 Å². The number of hydrogen-bond acceptors (Lipinski definition) is 7. The number of aromatic nitrogens is 3. The number of carbonyl (C=O) groups is 3. The lowest BCUT2D eigenvalue weighted by Gasteiger charge is -2.24.